The van der Waals surface area contributed by atoms with Gasteiger partial charge in [-0.05, 0) is 80.1 Å². The van der Waals surface area contributed by atoms with E-state index >= 15 is 0 Å². The monoisotopic (exact) mass is 852 g/mol. The highest BCUT2D eigenvalue weighted by Gasteiger charge is 2.31. The molecule has 1 aliphatic carbocycles. The number of hydrogen-bond donors (Lipinski definition) is 5. The van der Waals surface area contributed by atoms with E-state index in [-0.39, 0.29) is 50.3 Å². The minimum Gasteiger partial charge on any atom is -0.478 e. The molecule has 0 radical (unpaired) electrons. The molecule has 2 rings (SSSR count). The van der Waals surface area contributed by atoms with Crippen molar-refractivity contribution in [3.8, 4) is 0 Å². The molecule has 61 heavy (non-hydrogen) atoms. The Hall–Kier alpha value is -4.93. The van der Waals surface area contributed by atoms with Gasteiger partial charge in [0.1, 0.15) is 18.8 Å². The molecule has 15 heteroatoms. The van der Waals surface area contributed by atoms with Gasteiger partial charge in [-0.15, -0.1) is 0 Å². The van der Waals surface area contributed by atoms with E-state index in [9.17, 15) is 24.3 Å². The van der Waals surface area contributed by atoms with E-state index in [2.05, 4.69) is 35.7 Å². The van der Waals surface area contributed by atoms with Gasteiger partial charge in [-0.3, -0.25) is 9.59 Å². The zero-order chi connectivity index (χ0) is 45.2. The van der Waals surface area contributed by atoms with Gasteiger partial charge in [0.25, 0.3) is 11.8 Å². The van der Waals surface area contributed by atoms with Crippen molar-refractivity contribution in [2.45, 2.75) is 92.3 Å². The Morgan fingerprint density at radius 1 is 0.934 bits per heavy atom. The lowest BCUT2D eigenvalue weighted by atomic mass is 9.72. The van der Waals surface area contributed by atoms with Gasteiger partial charge in [0.2, 0.25) is 0 Å². The number of oxime groups is 1. The van der Waals surface area contributed by atoms with Crippen molar-refractivity contribution in [1.29, 1.82) is 0 Å². The lowest BCUT2D eigenvalue weighted by Gasteiger charge is -2.33. The topological polar surface area (TPSA) is 217 Å². The molecule has 15 nitrogen and oxygen atoms in total. The van der Waals surface area contributed by atoms with E-state index in [1.54, 1.807) is 13.0 Å². The van der Waals surface area contributed by atoms with Crippen LogP contribution in [0.4, 0.5) is 0 Å². The number of carboxylic acids is 1. The van der Waals surface area contributed by atoms with Gasteiger partial charge in [-0.25, -0.2) is 9.59 Å². The summed E-state index contributed by atoms with van der Waals surface area (Å²) in [4.78, 5) is 54.0. The molecule has 3 atom stereocenters. The van der Waals surface area contributed by atoms with Crippen LogP contribution in [-0.4, -0.2) is 117 Å². The number of nitrogens with two attached hydrogens (primary N) is 1. The van der Waals surface area contributed by atoms with Crippen LogP contribution in [0, 0.1) is 11.3 Å². The second-order valence-electron chi connectivity index (χ2n) is 15.9. The molecular weight excluding hydrogens is 785 g/mol. The summed E-state index contributed by atoms with van der Waals surface area (Å²) >= 11 is 0. The number of aliphatic hydroxyl groups excluding tert-OH is 1. The van der Waals surface area contributed by atoms with E-state index < -0.39 is 36.0 Å². The number of rotatable bonds is 28. The maximum atomic E-state index is 12.8. The number of amides is 2. The summed E-state index contributed by atoms with van der Waals surface area (Å²) in [5, 5.41) is 29.0. The van der Waals surface area contributed by atoms with Crippen LogP contribution in [0.25, 0.3) is 0 Å². The molecule has 0 saturated carbocycles. The van der Waals surface area contributed by atoms with E-state index in [1.165, 1.54) is 0 Å². The first kappa shape index (κ1) is 52.2. The average molecular weight is 853 g/mol. The molecule has 0 unspecified atom stereocenters. The van der Waals surface area contributed by atoms with Crippen LogP contribution < -0.4 is 16.4 Å². The number of benzene rings is 1. The molecule has 0 fully saturated rings. The fourth-order valence-corrected chi connectivity index (χ4v) is 6.21. The van der Waals surface area contributed by atoms with Crippen molar-refractivity contribution < 1.29 is 53.2 Å². The first-order valence-electron chi connectivity index (χ1n) is 20.8. The molecule has 0 heterocycles. The van der Waals surface area contributed by atoms with Crippen molar-refractivity contribution in [1.82, 2.24) is 10.6 Å². The Morgan fingerprint density at radius 2 is 1.57 bits per heavy atom. The molecule has 0 saturated heterocycles. The molecule has 338 valence electrons. The predicted octanol–water partition coefficient (Wildman–Crippen LogP) is 4.76. The summed E-state index contributed by atoms with van der Waals surface area (Å²) in [6.45, 7) is 15.6. The first-order chi connectivity index (χ1) is 29.0. The molecule has 1 aromatic carbocycles. The van der Waals surface area contributed by atoms with Gasteiger partial charge in [0.05, 0.1) is 45.4 Å². The Labute approximate surface area is 361 Å². The van der Waals surface area contributed by atoms with Gasteiger partial charge in [0.15, 0.2) is 6.61 Å². The fourth-order valence-electron chi connectivity index (χ4n) is 6.21. The Kier molecular flexibility index (Phi) is 24.5. The smallest absolute Gasteiger partial charge is 0.328 e. The number of aliphatic carboxylic acids is 1. The molecule has 0 aromatic heterocycles. The predicted molar refractivity (Wildman–Crippen MR) is 234 cm³/mol. The van der Waals surface area contributed by atoms with Crippen molar-refractivity contribution in [3.63, 3.8) is 0 Å². The lowest BCUT2D eigenvalue weighted by Crippen LogP contribution is -2.52. The molecule has 6 N–H and O–H groups in total. The normalized spacial score (nSPS) is 16.9. The van der Waals surface area contributed by atoms with Gasteiger partial charge in [-0.1, -0.05) is 99.1 Å². The largest absolute Gasteiger partial charge is 0.478 e. The number of esters is 1. The van der Waals surface area contributed by atoms with E-state index in [0.29, 0.717) is 44.8 Å². The van der Waals surface area contributed by atoms with Crippen molar-refractivity contribution in [2.24, 2.45) is 22.2 Å². The van der Waals surface area contributed by atoms with E-state index in [1.807, 2.05) is 76.3 Å². The number of nitrogens with zero attached hydrogens (tertiary/aromatic N) is 1. The third-order valence-electron chi connectivity index (χ3n) is 9.59. The number of hydrogen-bond acceptors (Lipinski definition) is 12. The summed E-state index contributed by atoms with van der Waals surface area (Å²) in [7, 11) is 0. The number of nitrogens with one attached hydrogen (secondary N) is 2. The fraction of sp³-hybridized carbons (Fsp3) is 0.543. The van der Waals surface area contributed by atoms with Gasteiger partial charge < -0.3 is 50.4 Å². The summed E-state index contributed by atoms with van der Waals surface area (Å²) in [5.74, 6) is -2.56. The number of aliphatic hydroxyl groups is 1. The summed E-state index contributed by atoms with van der Waals surface area (Å²) in [6, 6.07) is 7.51. The number of ether oxygens (including phenoxy) is 4. The first-order valence-corrected chi connectivity index (χ1v) is 20.8. The van der Waals surface area contributed by atoms with Gasteiger partial charge >= 0.3 is 11.9 Å². The third kappa shape index (κ3) is 21.9. The summed E-state index contributed by atoms with van der Waals surface area (Å²) < 4.78 is 21.8. The second kappa shape index (κ2) is 28.6. The Balaban J connectivity index is 1.59. The zero-order valence-electron chi connectivity index (χ0n) is 36.9. The summed E-state index contributed by atoms with van der Waals surface area (Å²) in [6.07, 6.45) is 11.5. The zero-order valence-corrected chi connectivity index (χ0v) is 36.9. The molecule has 1 aliphatic rings. The summed E-state index contributed by atoms with van der Waals surface area (Å²) in [5.41, 5.74) is 11.5. The van der Waals surface area contributed by atoms with Crippen LogP contribution in [-0.2, 0) is 49.4 Å². The number of allylic oxidation sites excluding steroid dienone is 9. The van der Waals surface area contributed by atoms with Crippen LogP contribution in [0.1, 0.15) is 73.3 Å². The minimum atomic E-state index is -1.49. The van der Waals surface area contributed by atoms with Crippen molar-refractivity contribution in [3.05, 3.63) is 94.6 Å². The molecule has 0 bridgehead atoms. The van der Waals surface area contributed by atoms with Gasteiger partial charge in [0, 0.05) is 18.7 Å². The molecule has 0 spiro atoms. The standard InChI is InChI=1S/C46H68N4O11/c1-32(2)28-40(49-44(55)43(54)38(47)30-36-14-9-8-10-15-36)45(56)60-27-26-59-25-24-58-23-22-57-21-20-48-41(51)31-61-50-39-18-19-46(6,7)37(35(39)5)17-16-33(3)12-11-13-34(4)29-42(52)53/h8-17,29,32,38,40,43,54H,18-28,30-31,47H2,1-7H3,(H,48,51)(H,49,55)(H,52,53)/t38-,40+,43+/m1/s1. The highest BCUT2D eigenvalue weighted by molar-refractivity contribution is 6.01. The third-order valence-corrected chi connectivity index (χ3v) is 9.59. The maximum absolute atomic E-state index is 12.8. The van der Waals surface area contributed by atoms with Crippen molar-refractivity contribution >= 4 is 29.5 Å². The maximum Gasteiger partial charge on any atom is 0.328 e. The molecule has 0 aliphatic heterocycles. The second-order valence-corrected chi connectivity index (χ2v) is 15.9. The lowest BCUT2D eigenvalue weighted by molar-refractivity contribution is -0.151. The molecule has 2 amide bonds. The number of carboxylic acid groups (broad SMARTS) is 1. The Bertz CT molecular complexity index is 1730. The van der Waals surface area contributed by atoms with Crippen molar-refractivity contribution in [2.75, 3.05) is 59.4 Å². The van der Waals surface area contributed by atoms with Crippen LogP contribution in [0.5, 0.6) is 0 Å². The molecule has 1 aromatic rings. The highest BCUT2D eigenvalue weighted by Crippen LogP contribution is 2.40. The average Bonchev–Trinajstić information content (AvgIpc) is 3.19. The van der Waals surface area contributed by atoms with E-state index in [0.717, 1.165) is 46.9 Å². The van der Waals surface area contributed by atoms with Crippen LogP contribution in [0.15, 0.2) is 94.2 Å². The quantitative estimate of drug-likeness (QED) is 0.0254. The van der Waals surface area contributed by atoms with Gasteiger partial charge in [-0.2, -0.15) is 0 Å². The van der Waals surface area contributed by atoms with Crippen LogP contribution >= 0.6 is 0 Å². The molecular formula is C46H68N4O11. The van der Waals surface area contributed by atoms with E-state index in [4.69, 9.17) is 34.6 Å². The highest BCUT2D eigenvalue weighted by atomic mass is 16.6. The Morgan fingerprint density at radius 3 is 2.21 bits per heavy atom. The number of carbonyl (C=O) groups is 4. The SMILES string of the molecule is CC(C=CC1=C(C)C(=NOCC(=O)NCCOCCOCCOCCOC(=O)[C@H](CC(C)C)NC(=O)[C@@H](O)[C@H](N)Cc2ccccc2)CCC1(C)C)=CC=CC(C)=CC(=O)O. The minimum absolute atomic E-state index is 0.0173. The van der Waals surface area contributed by atoms with Crippen LogP contribution in [0.3, 0.4) is 0 Å². The number of carbonyl (C=O) groups excluding carboxylic acids is 3. The van der Waals surface area contributed by atoms with Crippen LogP contribution in [0.2, 0.25) is 0 Å².